The number of hydrogen-bond acceptors (Lipinski definition) is 3. The molecule has 1 aliphatic carbocycles. The number of rotatable bonds is 8. The van der Waals surface area contributed by atoms with E-state index in [1.807, 2.05) is 7.05 Å². The van der Waals surface area contributed by atoms with Crippen molar-refractivity contribution in [1.82, 2.24) is 10.2 Å². The number of unbranched alkanes of at least 4 members (excludes halogenated alkanes) is 1. The number of nitrogens with one attached hydrogen (secondary N) is 1. The molecule has 0 heterocycles. The Labute approximate surface area is 100 Å². The molecule has 0 aromatic carbocycles. The lowest BCUT2D eigenvalue weighted by molar-refractivity contribution is 0.148. The zero-order valence-electron chi connectivity index (χ0n) is 11.1. The highest BCUT2D eigenvalue weighted by molar-refractivity contribution is 4.81. The molecule has 1 aliphatic rings. The molecule has 3 nitrogen and oxygen atoms in total. The minimum atomic E-state index is -0.0883. The quantitative estimate of drug-likeness (QED) is 0.620. The molecule has 0 aromatic heterocycles. The zero-order chi connectivity index (χ0) is 12.0. The summed E-state index contributed by atoms with van der Waals surface area (Å²) in [6.07, 6.45) is 7.68. The fourth-order valence-corrected chi connectivity index (χ4v) is 2.17. The molecular weight excluding hydrogens is 200 g/mol. The third-order valence-electron chi connectivity index (χ3n) is 4.14. The van der Waals surface area contributed by atoms with Crippen LogP contribution in [-0.4, -0.2) is 48.8 Å². The summed E-state index contributed by atoms with van der Waals surface area (Å²) in [7, 11) is 4.17. The Morgan fingerprint density at radius 2 is 2.06 bits per heavy atom. The summed E-state index contributed by atoms with van der Waals surface area (Å²) in [4.78, 5) is 2.50. The van der Waals surface area contributed by atoms with E-state index in [1.165, 1.54) is 38.6 Å². The predicted molar refractivity (Wildman–Crippen MR) is 68.7 cm³/mol. The van der Waals surface area contributed by atoms with Gasteiger partial charge in [0.2, 0.25) is 0 Å². The smallest absolute Gasteiger partial charge is 0.0610 e. The molecule has 0 radical (unpaired) electrons. The summed E-state index contributed by atoms with van der Waals surface area (Å²) in [6.45, 7) is 3.51. The van der Waals surface area contributed by atoms with Gasteiger partial charge in [0.1, 0.15) is 0 Å². The minimum absolute atomic E-state index is 0.0883. The Bertz CT molecular complexity index is 188. The molecule has 1 fully saturated rings. The van der Waals surface area contributed by atoms with Crippen LogP contribution in [0, 0.1) is 0 Å². The first kappa shape index (κ1) is 13.9. The van der Waals surface area contributed by atoms with Crippen LogP contribution in [0.5, 0.6) is 0 Å². The van der Waals surface area contributed by atoms with E-state index in [2.05, 4.69) is 24.2 Å². The first-order valence-electron chi connectivity index (χ1n) is 6.61. The molecule has 16 heavy (non-hydrogen) atoms. The van der Waals surface area contributed by atoms with E-state index in [1.54, 1.807) is 0 Å². The summed E-state index contributed by atoms with van der Waals surface area (Å²) < 4.78 is 0. The summed E-state index contributed by atoms with van der Waals surface area (Å²) >= 11 is 0. The SMILES string of the molecule is CNC(C)(CO)CCCCN(C)C1CCC1. The van der Waals surface area contributed by atoms with Crippen LogP contribution in [0.4, 0.5) is 0 Å². The normalized spacial score (nSPS) is 20.8. The third-order valence-corrected chi connectivity index (χ3v) is 4.14. The highest BCUT2D eigenvalue weighted by atomic mass is 16.3. The van der Waals surface area contributed by atoms with Gasteiger partial charge in [-0.3, -0.25) is 0 Å². The highest BCUT2D eigenvalue weighted by Gasteiger charge is 2.22. The second kappa shape index (κ2) is 6.58. The van der Waals surface area contributed by atoms with Gasteiger partial charge in [-0.05, 0) is 53.2 Å². The average molecular weight is 228 g/mol. The number of hydrogen-bond donors (Lipinski definition) is 2. The van der Waals surface area contributed by atoms with Gasteiger partial charge in [-0.1, -0.05) is 12.8 Å². The van der Waals surface area contributed by atoms with Gasteiger partial charge >= 0.3 is 0 Å². The van der Waals surface area contributed by atoms with E-state index in [0.717, 1.165) is 12.5 Å². The lowest BCUT2D eigenvalue weighted by Gasteiger charge is -2.35. The van der Waals surface area contributed by atoms with Crippen LogP contribution in [0.2, 0.25) is 0 Å². The van der Waals surface area contributed by atoms with Crippen molar-refractivity contribution in [1.29, 1.82) is 0 Å². The average Bonchev–Trinajstić information content (AvgIpc) is 2.21. The van der Waals surface area contributed by atoms with Gasteiger partial charge in [-0.2, -0.15) is 0 Å². The molecule has 96 valence electrons. The van der Waals surface area contributed by atoms with Gasteiger partial charge in [0.15, 0.2) is 0 Å². The van der Waals surface area contributed by atoms with Crippen LogP contribution < -0.4 is 5.32 Å². The second-order valence-electron chi connectivity index (χ2n) is 5.49. The molecule has 0 aromatic rings. The molecule has 0 saturated heterocycles. The maximum Gasteiger partial charge on any atom is 0.0610 e. The Kier molecular flexibility index (Phi) is 5.73. The van der Waals surface area contributed by atoms with Gasteiger partial charge in [0.05, 0.1) is 6.61 Å². The highest BCUT2D eigenvalue weighted by Crippen LogP contribution is 2.23. The van der Waals surface area contributed by atoms with Crippen LogP contribution in [0.25, 0.3) is 0 Å². The van der Waals surface area contributed by atoms with E-state index in [9.17, 15) is 5.11 Å². The number of nitrogens with zero attached hydrogens (tertiary/aromatic N) is 1. The lowest BCUT2D eigenvalue weighted by Crippen LogP contribution is -2.43. The molecule has 1 unspecified atom stereocenters. The summed E-state index contributed by atoms with van der Waals surface area (Å²) in [5, 5.41) is 12.5. The lowest BCUT2D eigenvalue weighted by atomic mass is 9.91. The third kappa shape index (κ3) is 4.04. The van der Waals surface area contributed by atoms with Crippen LogP contribution in [0.1, 0.15) is 45.4 Å². The number of aliphatic hydroxyl groups is 1. The molecule has 0 amide bonds. The van der Waals surface area contributed by atoms with Crippen molar-refractivity contribution < 1.29 is 5.11 Å². The minimum Gasteiger partial charge on any atom is -0.394 e. The van der Waals surface area contributed by atoms with Gasteiger partial charge in [-0.25, -0.2) is 0 Å². The predicted octanol–water partition coefficient (Wildman–Crippen LogP) is 1.61. The second-order valence-corrected chi connectivity index (χ2v) is 5.49. The van der Waals surface area contributed by atoms with E-state index in [-0.39, 0.29) is 12.1 Å². The van der Waals surface area contributed by atoms with Crippen molar-refractivity contribution in [3.63, 3.8) is 0 Å². The zero-order valence-corrected chi connectivity index (χ0v) is 11.1. The molecule has 1 saturated carbocycles. The van der Waals surface area contributed by atoms with Crippen LogP contribution in [0.15, 0.2) is 0 Å². The van der Waals surface area contributed by atoms with Crippen molar-refractivity contribution >= 4 is 0 Å². The molecular formula is C13H28N2O. The van der Waals surface area contributed by atoms with E-state index in [4.69, 9.17) is 0 Å². The van der Waals surface area contributed by atoms with Gasteiger partial charge in [0.25, 0.3) is 0 Å². The topological polar surface area (TPSA) is 35.5 Å². The molecule has 0 bridgehead atoms. The Balaban J connectivity index is 2.06. The first-order valence-corrected chi connectivity index (χ1v) is 6.61. The molecule has 0 spiro atoms. The van der Waals surface area contributed by atoms with E-state index >= 15 is 0 Å². The molecule has 2 N–H and O–H groups in total. The summed E-state index contributed by atoms with van der Waals surface area (Å²) in [5.74, 6) is 0. The summed E-state index contributed by atoms with van der Waals surface area (Å²) in [5.41, 5.74) is -0.0883. The summed E-state index contributed by atoms with van der Waals surface area (Å²) in [6, 6.07) is 0.855. The van der Waals surface area contributed by atoms with E-state index in [0.29, 0.717) is 0 Å². The maximum absolute atomic E-state index is 9.26. The van der Waals surface area contributed by atoms with Crippen molar-refractivity contribution in [2.75, 3.05) is 27.2 Å². The first-order chi connectivity index (χ1) is 7.61. The maximum atomic E-state index is 9.26. The largest absolute Gasteiger partial charge is 0.394 e. The standard InChI is InChI=1S/C13H28N2O/c1-13(11-16,14-2)9-4-5-10-15(3)12-7-6-8-12/h12,14,16H,4-11H2,1-3H3. The monoisotopic (exact) mass is 228 g/mol. The van der Waals surface area contributed by atoms with E-state index < -0.39 is 0 Å². The van der Waals surface area contributed by atoms with Crippen molar-refractivity contribution in [2.45, 2.75) is 57.0 Å². The molecule has 0 aliphatic heterocycles. The van der Waals surface area contributed by atoms with Gasteiger partial charge < -0.3 is 15.3 Å². The van der Waals surface area contributed by atoms with Crippen LogP contribution >= 0.6 is 0 Å². The Morgan fingerprint density at radius 3 is 2.50 bits per heavy atom. The van der Waals surface area contributed by atoms with Crippen molar-refractivity contribution in [2.24, 2.45) is 0 Å². The van der Waals surface area contributed by atoms with Crippen molar-refractivity contribution in [3.8, 4) is 0 Å². The fraction of sp³-hybridized carbons (Fsp3) is 1.00. The Hall–Kier alpha value is -0.120. The van der Waals surface area contributed by atoms with Gasteiger partial charge in [0, 0.05) is 11.6 Å². The van der Waals surface area contributed by atoms with Crippen LogP contribution in [-0.2, 0) is 0 Å². The fourth-order valence-electron chi connectivity index (χ4n) is 2.17. The van der Waals surface area contributed by atoms with Gasteiger partial charge in [-0.15, -0.1) is 0 Å². The number of likely N-dealkylation sites (N-methyl/N-ethyl adjacent to an activating group) is 1. The molecule has 3 heteroatoms. The van der Waals surface area contributed by atoms with Crippen LogP contribution in [0.3, 0.4) is 0 Å². The molecule has 1 atom stereocenters. The number of aliphatic hydroxyl groups excluding tert-OH is 1. The molecule has 1 rings (SSSR count). The Morgan fingerprint density at radius 1 is 1.38 bits per heavy atom. The van der Waals surface area contributed by atoms with Crippen molar-refractivity contribution in [3.05, 3.63) is 0 Å².